The number of nitrogens with one attached hydrogen (secondary N) is 1. The molecule has 0 aromatic rings. The minimum absolute atomic E-state index is 0.0227. The van der Waals surface area contributed by atoms with Gasteiger partial charge in [0.2, 0.25) is 5.91 Å². The first-order valence-corrected chi connectivity index (χ1v) is 5.20. The van der Waals surface area contributed by atoms with Crippen LogP contribution in [-0.4, -0.2) is 44.8 Å². The summed E-state index contributed by atoms with van der Waals surface area (Å²) < 4.78 is 9.91. The highest BCUT2D eigenvalue weighted by Gasteiger charge is 2.10. The molecule has 0 aromatic carbocycles. The maximum absolute atomic E-state index is 11.2. The topological polar surface area (TPSA) is 47.6 Å². The molecule has 0 radical (unpaired) electrons. The molecule has 0 rings (SSSR count). The summed E-state index contributed by atoms with van der Waals surface area (Å²) in [5.74, 6) is 0.377. The summed E-state index contributed by atoms with van der Waals surface area (Å²) in [6.07, 6.45) is 0.702. The van der Waals surface area contributed by atoms with E-state index in [2.05, 4.69) is 5.32 Å². The van der Waals surface area contributed by atoms with Crippen molar-refractivity contribution in [2.45, 2.75) is 19.4 Å². The predicted molar refractivity (Wildman–Crippen MR) is 55.6 cm³/mol. The second-order valence-corrected chi connectivity index (χ2v) is 3.21. The fourth-order valence-electron chi connectivity index (χ4n) is 0.994. The Balaban J connectivity index is 3.71. The van der Waals surface area contributed by atoms with Crippen LogP contribution in [-0.2, 0) is 14.3 Å². The molecule has 0 spiro atoms. The predicted octanol–water partition coefficient (Wildman–Crippen LogP) is 0.783. The molecule has 0 aliphatic carbocycles. The van der Waals surface area contributed by atoms with Crippen molar-refractivity contribution < 1.29 is 14.3 Å². The van der Waals surface area contributed by atoms with E-state index in [9.17, 15) is 4.79 Å². The van der Waals surface area contributed by atoms with E-state index in [1.54, 1.807) is 7.11 Å². The molecule has 0 aliphatic rings. The minimum Gasteiger partial charge on any atom is -0.383 e. The molecular formula is C9H18ClNO3. The lowest BCUT2D eigenvalue weighted by molar-refractivity contribution is -0.126. The zero-order valence-corrected chi connectivity index (χ0v) is 9.47. The number of rotatable bonds is 8. The molecular weight excluding hydrogens is 206 g/mol. The maximum atomic E-state index is 11.2. The highest BCUT2D eigenvalue weighted by atomic mass is 35.5. The summed E-state index contributed by atoms with van der Waals surface area (Å²) in [7, 11) is 1.59. The van der Waals surface area contributed by atoms with Crippen LogP contribution in [0.3, 0.4) is 0 Å². The van der Waals surface area contributed by atoms with E-state index in [1.165, 1.54) is 0 Å². The summed E-state index contributed by atoms with van der Waals surface area (Å²) in [5.41, 5.74) is 0. The molecule has 0 bridgehead atoms. The van der Waals surface area contributed by atoms with Crippen molar-refractivity contribution in [3.8, 4) is 0 Å². The number of halogens is 1. The van der Waals surface area contributed by atoms with E-state index in [0.717, 1.165) is 0 Å². The molecule has 0 aromatic heterocycles. The monoisotopic (exact) mass is 223 g/mol. The number of hydrogen-bond acceptors (Lipinski definition) is 3. The van der Waals surface area contributed by atoms with Crippen molar-refractivity contribution in [1.82, 2.24) is 5.32 Å². The Labute approximate surface area is 89.9 Å². The van der Waals surface area contributed by atoms with Crippen molar-refractivity contribution in [2.24, 2.45) is 0 Å². The van der Waals surface area contributed by atoms with Crippen LogP contribution in [0.25, 0.3) is 0 Å². The third kappa shape index (κ3) is 7.12. The third-order valence-corrected chi connectivity index (χ3v) is 1.85. The second-order valence-electron chi connectivity index (χ2n) is 2.83. The fourth-order valence-corrected chi connectivity index (χ4v) is 1.26. The molecule has 1 amide bonds. The lowest BCUT2D eigenvalue weighted by atomic mass is 10.2. The van der Waals surface area contributed by atoms with Crippen LogP contribution < -0.4 is 5.32 Å². The fraction of sp³-hybridized carbons (Fsp3) is 0.889. The third-order valence-electron chi connectivity index (χ3n) is 1.63. The van der Waals surface area contributed by atoms with Gasteiger partial charge < -0.3 is 14.8 Å². The van der Waals surface area contributed by atoms with Gasteiger partial charge in [-0.15, -0.1) is 11.6 Å². The molecule has 5 heteroatoms. The molecule has 1 unspecified atom stereocenters. The SMILES string of the molecule is CCOCC(=O)NC(CCCl)COC. The largest absolute Gasteiger partial charge is 0.383 e. The van der Waals surface area contributed by atoms with Crippen LogP contribution in [0, 0.1) is 0 Å². The van der Waals surface area contributed by atoms with Gasteiger partial charge in [-0.1, -0.05) is 0 Å². The van der Waals surface area contributed by atoms with Crippen LogP contribution in [0.15, 0.2) is 0 Å². The average Bonchev–Trinajstić information content (AvgIpc) is 2.15. The smallest absolute Gasteiger partial charge is 0.246 e. The molecule has 1 N–H and O–H groups in total. The first-order chi connectivity index (χ1) is 6.74. The lowest BCUT2D eigenvalue weighted by Crippen LogP contribution is -2.40. The van der Waals surface area contributed by atoms with Crippen LogP contribution >= 0.6 is 11.6 Å². The summed E-state index contributed by atoms with van der Waals surface area (Å²) in [5, 5.41) is 2.78. The van der Waals surface area contributed by atoms with Crippen molar-refractivity contribution in [1.29, 1.82) is 0 Å². The molecule has 0 saturated carbocycles. The normalized spacial score (nSPS) is 12.5. The number of carbonyl (C=O) groups is 1. The number of methoxy groups -OCH3 is 1. The van der Waals surface area contributed by atoms with Gasteiger partial charge in [0.05, 0.1) is 12.6 Å². The van der Waals surface area contributed by atoms with Crippen molar-refractivity contribution >= 4 is 17.5 Å². The molecule has 0 fully saturated rings. The number of ether oxygens (including phenoxy) is 2. The van der Waals surface area contributed by atoms with Gasteiger partial charge in [0.25, 0.3) is 0 Å². The van der Waals surface area contributed by atoms with Gasteiger partial charge in [-0.2, -0.15) is 0 Å². The second kappa shape index (κ2) is 9.24. The zero-order chi connectivity index (χ0) is 10.8. The Kier molecular flexibility index (Phi) is 9.03. The molecule has 84 valence electrons. The van der Waals surface area contributed by atoms with E-state index in [1.807, 2.05) is 6.92 Å². The summed E-state index contributed by atoms with van der Waals surface area (Å²) in [6, 6.07) is -0.0227. The van der Waals surface area contributed by atoms with Crippen molar-refractivity contribution in [2.75, 3.05) is 32.8 Å². The lowest BCUT2D eigenvalue weighted by Gasteiger charge is -2.16. The minimum atomic E-state index is -0.126. The first kappa shape index (κ1) is 13.7. The van der Waals surface area contributed by atoms with Crippen molar-refractivity contribution in [3.63, 3.8) is 0 Å². The molecule has 0 saturated heterocycles. The Morgan fingerprint density at radius 3 is 2.79 bits per heavy atom. The molecule has 0 aliphatic heterocycles. The van der Waals surface area contributed by atoms with Gasteiger partial charge in [0.1, 0.15) is 6.61 Å². The number of hydrogen-bond donors (Lipinski definition) is 1. The van der Waals surface area contributed by atoms with Crippen LogP contribution in [0.5, 0.6) is 0 Å². The number of amides is 1. The summed E-state index contributed by atoms with van der Waals surface area (Å²) in [6.45, 7) is 2.96. The Morgan fingerprint density at radius 2 is 2.29 bits per heavy atom. The van der Waals surface area contributed by atoms with Crippen LogP contribution in [0.4, 0.5) is 0 Å². The van der Waals surface area contributed by atoms with Gasteiger partial charge >= 0.3 is 0 Å². The molecule has 1 atom stereocenters. The van der Waals surface area contributed by atoms with E-state index in [4.69, 9.17) is 21.1 Å². The Bertz CT molecular complexity index is 149. The average molecular weight is 224 g/mol. The van der Waals surface area contributed by atoms with Crippen molar-refractivity contribution in [3.05, 3.63) is 0 Å². The number of alkyl halides is 1. The summed E-state index contributed by atoms with van der Waals surface area (Å²) >= 11 is 5.58. The summed E-state index contributed by atoms with van der Waals surface area (Å²) in [4.78, 5) is 11.2. The standard InChI is InChI=1S/C9H18ClNO3/c1-3-14-7-9(12)11-8(4-5-10)6-13-2/h8H,3-7H2,1-2H3,(H,11,12). The molecule has 0 heterocycles. The Morgan fingerprint density at radius 1 is 1.57 bits per heavy atom. The van der Waals surface area contributed by atoms with E-state index in [0.29, 0.717) is 25.5 Å². The maximum Gasteiger partial charge on any atom is 0.246 e. The van der Waals surface area contributed by atoms with E-state index < -0.39 is 0 Å². The van der Waals surface area contributed by atoms with E-state index >= 15 is 0 Å². The first-order valence-electron chi connectivity index (χ1n) is 4.66. The quantitative estimate of drug-likeness (QED) is 0.619. The Hall–Kier alpha value is -0.320. The van der Waals surface area contributed by atoms with Gasteiger partial charge in [0.15, 0.2) is 0 Å². The van der Waals surface area contributed by atoms with Crippen LogP contribution in [0.2, 0.25) is 0 Å². The van der Waals surface area contributed by atoms with Gasteiger partial charge in [-0.05, 0) is 13.3 Å². The van der Waals surface area contributed by atoms with Gasteiger partial charge in [-0.25, -0.2) is 0 Å². The van der Waals surface area contributed by atoms with E-state index in [-0.39, 0.29) is 18.6 Å². The van der Waals surface area contributed by atoms with Gasteiger partial charge in [0, 0.05) is 19.6 Å². The van der Waals surface area contributed by atoms with Crippen LogP contribution in [0.1, 0.15) is 13.3 Å². The molecule has 14 heavy (non-hydrogen) atoms. The zero-order valence-electron chi connectivity index (χ0n) is 8.72. The molecule has 4 nitrogen and oxygen atoms in total. The highest BCUT2D eigenvalue weighted by molar-refractivity contribution is 6.17. The highest BCUT2D eigenvalue weighted by Crippen LogP contribution is 1.95. The number of carbonyl (C=O) groups excluding carboxylic acids is 1. The van der Waals surface area contributed by atoms with Gasteiger partial charge in [-0.3, -0.25) is 4.79 Å².